The van der Waals surface area contributed by atoms with Gasteiger partial charge in [0.1, 0.15) is 5.82 Å². The summed E-state index contributed by atoms with van der Waals surface area (Å²) in [5.41, 5.74) is 3.58. The molecule has 2 amide bonds. The van der Waals surface area contributed by atoms with Crippen molar-refractivity contribution in [3.05, 3.63) is 53.2 Å². The molecule has 11 heteroatoms. The lowest BCUT2D eigenvalue weighted by Crippen LogP contribution is -2.35. The van der Waals surface area contributed by atoms with E-state index in [-0.39, 0.29) is 17.1 Å². The van der Waals surface area contributed by atoms with E-state index < -0.39 is 35.0 Å². The van der Waals surface area contributed by atoms with Crippen LogP contribution in [0.3, 0.4) is 0 Å². The first-order valence-corrected chi connectivity index (χ1v) is 9.92. The summed E-state index contributed by atoms with van der Waals surface area (Å²) in [5.74, 6) is -6.84. The lowest BCUT2D eigenvalue weighted by atomic mass is 10.1. The third-order valence-electron chi connectivity index (χ3n) is 5.14. The Hall–Kier alpha value is -3.24. The van der Waals surface area contributed by atoms with Gasteiger partial charge in [-0.1, -0.05) is 18.9 Å². The number of pyridine rings is 1. The second-order valence-corrected chi connectivity index (χ2v) is 7.47. The fraction of sp³-hybridized carbons (Fsp3) is 0.381. The number of alkyl halides is 5. The fourth-order valence-electron chi connectivity index (χ4n) is 3.44. The number of halogens is 5. The summed E-state index contributed by atoms with van der Waals surface area (Å²) in [7, 11) is 0. The van der Waals surface area contributed by atoms with Crippen molar-refractivity contribution in [2.45, 2.75) is 37.8 Å². The predicted octanol–water partition coefficient (Wildman–Crippen LogP) is 4.47. The van der Waals surface area contributed by atoms with Gasteiger partial charge < -0.3 is 16.0 Å². The minimum Gasteiger partial charge on any atom is -0.366 e. The van der Waals surface area contributed by atoms with Crippen molar-refractivity contribution in [2.75, 3.05) is 23.3 Å². The number of benzene rings is 1. The molecule has 0 radical (unpaired) electrons. The Bertz CT molecular complexity index is 1000. The predicted molar refractivity (Wildman–Crippen MR) is 108 cm³/mol. The zero-order valence-corrected chi connectivity index (χ0v) is 16.9. The summed E-state index contributed by atoms with van der Waals surface area (Å²) in [6, 6.07) is 6.07. The number of hydrogen-bond donors (Lipinski definition) is 2. The van der Waals surface area contributed by atoms with Gasteiger partial charge in [0, 0.05) is 36.1 Å². The summed E-state index contributed by atoms with van der Waals surface area (Å²) >= 11 is 0. The first-order valence-electron chi connectivity index (χ1n) is 9.92. The van der Waals surface area contributed by atoms with Gasteiger partial charge >= 0.3 is 12.1 Å². The molecular formula is C21H21F5N4O2. The number of amides is 2. The Kier molecular flexibility index (Phi) is 6.65. The first-order chi connectivity index (χ1) is 15.0. The smallest absolute Gasteiger partial charge is 0.366 e. The molecule has 0 aliphatic carbocycles. The van der Waals surface area contributed by atoms with Gasteiger partial charge in [-0.2, -0.15) is 22.0 Å². The van der Waals surface area contributed by atoms with Crippen LogP contribution < -0.4 is 16.0 Å². The monoisotopic (exact) mass is 456 g/mol. The van der Waals surface area contributed by atoms with Crippen LogP contribution in [0.2, 0.25) is 0 Å². The van der Waals surface area contributed by atoms with Gasteiger partial charge in [0.25, 0.3) is 5.91 Å². The number of nitrogens with one attached hydrogen (secondary N) is 1. The van der Waals surface area contributed by atoms with Crippen molar-refractivity contribution in [1.82, 2.24) is 4.98 Å². The zero-order chi connectivity index (χ0) is 23.5. The number of aromatic nitrogens is 1. The van der Waals surface area contributed by atoms with Crippen LogP contribution in [0.15, 0.2) is 36.5 Å². The molecule has 0 saturated carbocycles. The second kappa shape index (κ2) is 9.09. The second-order valence-electron chi connectivity index (χ2n) is 7.47. The van der Waals surface area contributed by atoms with E-state index in [1.807, 2.05) is 0 Å². The Balaban J connectivity index is 2.03. The maximum absolute atomic E-state index is 14.0. The van der Waals surface area contributed by atoms with Crippen molar-refractivity contribution < 1.29 is 31.5 Å². The van der Waals surface area contributed by atoms with Crippen LogP contribution in [-0.2, 0) is 5.92 Å². The average Bonchev–Trinajstić information content (AvgIpc) is 3.02. The third kappa shape index (κ3) is 4.97. The van der Waals surface area contributed by atoms with Crippen molar-refractivity contribution in [1.29, 1.82) is 0 Å². The Morgan fingerprint density at radius 3 is 2.25 bits per heavy atom. The number of anilines is 2. The molecule has 1 fully saturated rings. The molecule has 1 aliphatic rings. The molecule has 3 N–H and O–H groups in total. The minimum atomic E-state index is -5.84. The molecule has 1 aliphatic heterocycles. The maximum atomic E-state index is 14.0. The maximum Gasteiger partial charge on any atom is 0.458 e. The Morgan fingerprint density at radius 2 is 1.66 bits per heavy atom. The van der Waals surface area contributed by atoms with Crippen molar-refractivity contribution in [3.63, 3.8) is 0 Å². The lowest BCUT2D eigenvalue weighted by Gasteiger charge is -2.26. The van der Waals surface area contributed by atoms with E-state index in [9.17, 15) is 31.5 Å². The van der Waals surface area contributed by atoms with E-state index in [1.54, 1.807) is 4.90 Å². The van der Waals surface area contributed by atoms with Gasteiger partial charge in [-0.15, -0.1) is 0 Å². The summed E-state index contributed by atoms with van der Waals surface area (Å²) in [4.78, 5) is 29.9. The summed E-state index contributed by atoms with van der Waals surface area (Å²) in [5, 5.41) is 2.43. The summed E-state index contributed by atoms with van der Waals surface area (Å²) < 4.78 is 66.6. The summed E-state index contributed by atoms with van der Waals surface area (Å²) in [6.07, 6.45) is -1.99. The molecule has 1 aromatic carbocycles. The van der Waals surface area contributed by atoms with Crippen LogP contribution in [0.1, 0.15) is 52.0 Å². The molecule has 0 atom stereocenters. The van der Waals surface area contributed by atoms with Gasteiger partial charge in [-0.25, -0.2) is 4.98 Å². The number of primary amides is 1. The molecule has 0 unspecified atom stereocenters. The highest BCUT2D eigenvalue weighted by Crippen LogP contribution is 2.44. The zero-order valence-electron chi connectivity index (χ0n) is 16.9. The van der Waals surface area contributed by atoms with Gasteiger partial charge in [0.2, 0.25) is 5.91 Å². The van der Waals surface area contributed by atoms with Crippen molar-refractivity contribution in [2.24, 2.45) is 5.73 Å². The van der Waals surface area contributed by atoms with Crippen LogP contribution in [-0.4, -0.2) is 36.1 Å². The molecule has 6 nitrogen and oxygen atoms in total. The van der Waals surface area contributed by atoms with Gasteiger partial charge in [-0.3, -0.25) is 9.59 Å². The number of nitrogens with two attached hydrogens (primary N) is 1. The Morgan fingerprint density at radius 1 is 1.00 bits per heavy atom. The van der Waals surface area contributed by atoms with E-state index in [4.69, 9.17) is 5.73 Å². The molecular weight excluding hydrogens is 435 g/mol. The first kappa shape index (κ1) is 23.4. The van der Waals surface area contributed by atoms with E-state index in [0.29, 0.717) is 25.4 Å². The molecule has 1 aromatic heterocycles. The highest BCUT2D eigenvalue weighted by atomic mass is 19.4. The van der Waals surface area contributed by atoms with E-state index in [1.165, 1.54) is 24.3 Å². The largest absolute Gasteiger partial charge is 0.458 e. The summed E-state index contributed by atoms with van der Waals surface area (Å²) in [6.45, 7) is 0.971. The fourth-order valence-corrected chi connectivity index (χ4v) is 3.44. The number of hydrogen-bond acceptors (Lipinski definition) is 4. The number of nitrogens with zero attached hydrogens (tertiary/aromatic N) is 2. The molecule has 32 heavy (non-hydrogen) atoms. The standard InChI is InChI=1S/C21H21F5N4O2/c22-20(23,21(24,25)26)14-11-16(18(28-12-14)30-8-3-1-2-4-9-30)19(32)29-15-7-5-6-13(10-15)17(27)31/h5-7,10-12H,1-4,8-9H2,(H2,27,31)(H,29,32). The van der Waals surface area contributed by atoms with Gasteiger partial charge in [-0.05, 0) is 37.1 Å². The molecule has 172 valence electrons. The van der Waals surface area contributed by atoms with Gasteiger partial charge in [0.05, 0.1) is 5.56 Å². The van der Waals surface area contributed by atoms with Crippen molar-refractivity contribution >= 4 is 23.3 Å². The van der Waals surface area contributed by atoms with Crippen LogP contribution in [0.5, 0.6) is 0 Å². The number of carbonyl (C=O) groups is 2. The molecule has 2 heterocycles. The van der Waals surface area contributed by atoms with E-state index >= 15 is 0 Å². The van der Waals surface area contributed by atoms with Crippen LogP contribution in [0.25, 0.3) is 0 Å². The van der Waals surface area contributed by atoms with Crippen LogP contribution in [0, 0.1) is 0 Å². The highest BCUT2D eigenvalue weighted by Gasteiger charge is 2.59. The minimum absolute atomic E-state index is 0.0252. The number of carbonyl (C=O) groups excluding carboxylic acids is 2. The van der Waals surface area contributed by atoms with E-state index in [2.05, 4.69) is 10.3 Å². The SMILES string of the molecule is NC(=O)c1cccc(NC(=O)c2cc(C(F)(F)C(F)(F)F)cnc2N2CCCCCC2)c1. The quantitative estimate of drug-likeness (QED) is 0.650. The van der Waals surface area contributed by atoms with Crippen LogP contribution >= 0.6 is 0 Å². The third-order valence-corrected chi connectivity index (χ3v) is 5.14. The normalized spacial score (nSPS) is 15.2. The lowest BCUT2D eigenvalue weighted by molar-refractivity contribution is -0.289. The highest BCUT2D eigenvalue weighted by molar-refractivity contribution is 6.08. The van der Waals surface area contributed by atoms with Gasteiger partial charge in [0.15, 0.2) is 0 Å². The topological polar surface area (TPSA) is 88.3 Å². The van der Waals surface area contributed by atoms with Crippen molar-refractivity contribution in [3.8, 4) is 0 Å². The van der Waals surface area contributed by atoms with E-state index in [0.717, 1.165) is 25.7 Å². The number of rotatable bonds is 5. The molecule has 0 spiro atoms. The molecule has 0 bridgehead atoms. The molecule has 2 aromatic rings. The Labute approximate surface area is 180 Å². The van der Waals surface area contributed by atoms with Crippen LogP contribution in [0.4, 0.5) is 33.5 Å². The molecule has 3 rings (SSSR count). The molecule has 1 saturated heterocycles. The average molecular weight is 456 g/mol.